The summed E-state index contributed by atoms with van der Waals surface area (Å²) in [4.78, 5) is 26.9. The first-order valence-corrected chi connectivity index (χ1v) is 11.9. The van der Waals surface area contributed by atoms with E-state index in [-0.39, 0.29) is 23.9 Å². The van der Waals surface area contributed by atoms with Gasteiger partial charge in [-0.1, -0.05) is 25.1 Å². The second kappa shape index (κ2) is 10.6. The van der Waals surface area contributed by atoms with Gasteiger partial charge in [0, 0.05) is 24.3 Å². The number of anilines is 1. The fourth-order valence-electron chi connectivity index (χ4n) is 2.87. The lowest BCUT2D eigenvalue weighted by atomic mass is 10.1. The van der Waals surface area contributed by atoms with Crippen molar-refractivity contribution in [3.05, 3.63) is 59.7 Å². The number of carbonyl (C=O) groups is 2. The minimum absolute atomic E-state index is 0.0900. The third-order valence-corrected chi connectivity index (χ3v) is 5.98. The van der Waals surface area contributed by atoms with Crippen LogP contribution in [0.15, 0.2) is 53.4 Å². The molecule has 0 saturated heterocycles. The van der Waals surface area contributed by atoms with E-state index in [0.717, 1.165) is 5.56 Å². The molecule has 0 heterocycles. The summed E-state index contributed by atoms with van der Waals surface area (Å²) in [6, 6.07) is 12.9. The summed E-state index contributed by atoms with van der Waals surface area (Å²) in [5, 5.41) is 2.84. The number of sulfonamides is 1. The molecule has 2 N–H and O–H groups in total. The molecule has 0 bridgehead atoms. The van der Waals surface area contributed by atoms with Crippen molar-refractivity contribution < 1.29 is 22.7 Å². The number of hydrogen-bond acceptors (Lipinski definition) is 5. The highest BCUT2D eigenvalue weighted by atomic mass is 32.2. The maximum atomic E-state index is 12.7. The van der Waals surface area contributed by atoms with E-state index in [1.807, 2.05) is 39.8 Å². The van der Waals surface area contributed by atoms with Gasteiger partial charge in [0.15, 0.2) is 0 Å². The fourth-order valence-corrected chi connectivity index (χ4v) is 3.91. The maximum Gasteiger partial charge on any atom is 0.410 e. The molecule has 0 unspecified atom stereocenters. The van der Waals surface area contributed by atoms with Crippen molar-refractivity contribution in [1.82, 2.24) is 9.62 Å². The van der Waals surface area contributed by atoms with Crippen LogP contribution in [-0.2, 0) is 21.3 Å². The number of amides is 2. The van der Waals surface area contributed by atoms with E-state index in [1.54, 1.807) is 24.0 Å². The van der Waals surface area contributed by atoms with Gasteiger partial charge in [0.1, 0.15) is 5.60 Å². The van der Waals surface area contributed by atoms with Crippen LogP contribution in [0.3, 0.4) is 0 Å². The van der Waals surface area contributed by atoms with E-state index in [1.165, 1.54) is 24.3 Å². The van der Waals surface area contributed by atoms with Crippen LogP contribution >= 0.6 is 0 Å². The first-order chi connectivity index (χ1) is 15.0. The second-order valence-electron chi connectivity index (χ2n) is 8.13. The van der Waals surface area contributed by atoms with Crippen molar-refractivity contribution in [2.24, 2.45) is 0 Å². The number of benzene rings is 2. The highest BCUT2D eigenvalue weighted by Crippen LogP contribution is 2.20. The molecule has 2 aromatic carbocycles. The Bertz CT molecular complexity index is 1040. The topological polar surface area (TPSA) is 105 Å². The molecule has 0 fully saturated rings. The number of ether oxygens (including phenoxy) is 1. The van der Waals surface area contributed by atoms with Crippen molar-refractivity contribution in [2.75, 3.05) is 18.4 Å². The van der Waals surface area contributed by atoms with Crippen LogP contribution < -0.4 is 10.0 Å². The lowest BCUT2D eigenvalue weighted by Crippen LogP contribution is -2.36. The molecule has 174 valence electrons. The molecule has 32 heavy (non-hydrogen) atoms. The zero-order valence-corrected chi connectivity index (χ0v) is 20.0. The van der Waals surface area contributed by atoms with Crippen LogP contribution in [0.1, 0.15) is 50.5 Å². The van der Waals surface area contributed by atoms with E-state index >= 15 is 0 Å². The molecule has 8 nitrogen and oxygen atoms in total. The molecule has 9 heteroatoms. The predicted octanol–water partition coefficient (Wildman–Crippen LogP) is 3.99. The lowest BCUT2D eigenvalue weighted by Gasteiger charge is -2.27. The number of carbonyl (C=O) groups excluding carboxylic acids is 2. The standard InChI is InChI=1S/C23H31N3O5S/c1-6-24-32(29,30)19-14-12-17(13-15-19)21(27)25-20-11-9-8-10-18(20)16-26(7-2)22(28)31-23(3,4)5/h8-15,24H,6-7,16H2,1-5H3,(H,25,27). The largest absolute Gasteiger partial charge is 0.444 e. The fraction of sp³-hybridized carbons (Fsp3) is 0.391. The molecule has 2 amide bonds. The molecule has 2 rings (SSSR count). The average Bonchev–Trinajstić information content (AvgIpc) is 2.71. The molecule has 0 aromatic heterocycles. The van der Waals surface area contributed by atoms with Crippen LogP contribution in [0.25, 0.3) is 0 Å². The summed E-state index contributed by atoms with van der Waals surface area (Å²) in [5.41, 5.74) is 1.02. The van der Waals surface area contributed by atoms with Gasteiger partial charge >= 0.3 is 6.09 Å². The van der Waals surface area contributed by atoms with Gasteiger partial charge in [-0.15, -0.1) is 0 Å². The third-order valence-electron chi connectivity index (χ3n) is 4.42. The average molecular weight is 462 g/mol. The normalized spacial score (nSPS) is 11.7. The van der Waals surface area contributed by atoms with E-state index < -0.39 is 21.7 Å². The Kier molecular flexibility index (Phi) is 8.40. The van der Waals surface area contributed by atoms with Gasteiger partial charge in [0.2, 0.25) is 10.0 Å². The van der Waals surface area contributed by atoms with Crippen molar-refractivity contribution in [3.8, 4) is 0 Å². The summed E-state index contributed by atoms with van der Waals surface area (Å²) in [5.74, 6) is -0.384. The Morgan fingerprint density at radius 1 is 1.00 bits per heavy atom. The van der Waals surface area contributed by atoms with Gasteiger partial charge in [-0.3, -0.25) is 4.79 Å². The number of para-hydroxylation sites is 1. The van der Waals surface area contributed by atoms with Crippen LogP contribution in [0.5, 0.6) is 0 Å². The smallest absolute Gasteiger partial charge is 0.410 e. The summed E-state index contributed by atoms with van der Waals surface area (Å²) < 4.78 is 32.0. The quantitative estimate of drug-likeness (QED) is 0.618. The van der Waals surface area contributed by atoms with Crippen LogP contribution in [0.2, 0.25) is 0 Å². The monoisotopic (exact) mass is 461 g/mol. The van der Waals surface area contributed by atoms with E-state index in [2.05, 4.69) is 10.0 Å². The molecule has 0 spiro atoms. The Morgan fingerprint density at radius 2 is 1.62 bits per heavy atom. The first kappa shape index (κ1) is 25.4. The van der Waals surface area contributed by atoms with Crippen LogP contribution in [0, 0.1) is 0 Å². The van der Waals surface area contributed by atoms with Gasteiger partial charge in [0.05, 0.1) is 11.4 Å². The van der Waals surface area contributed by atoms with Gasteiger partial charge in [-0.2, -0.15) is 0 Å². The summed E-state index contributed by atoms with van der Waals surface area (Å²) in [6.07, 6.45) is -0.432. The van der Waals surface area contributed by atoms with Crippen molar-refractivity contribution in [1.29, 1.82) is 0 Å². The highest BCUT2D eigenvalue weighted by Gasteiger charge is 2.22. The Labute approximate surface area is 190 Å². The zero-order valence-electron chi connectivity index (χ0n) is 19.1. The number of hydrogen-bond donors (Lipinski definition) is 2. The van der Waals surface area contributed by atoms with Crippen molar-refractivity contribution >= 4 is 27.7 Å². The van der Waals surface area contributed by atoms with Crippen LogP contribution in [0.4, 0.5) is 10.5 Å². The molecular formula is C23H31N3O5S. The minimum atomic E-state index is -3.59. The van der Waals surface area contributed by atoms with Gasteiger partial charge < -0.3 is 15.0 Å². The van der Waals surface area contributed by atoms with Gasteiger partial charge in [0.25, 0.3) is 5.91 Å². The molecule has 0 aliphatic rings. The minimum Gasteiger partial charge on any atom is -0.444 e. The Balaban J connectivity index is 2.17. The SMILES string of the molecule is CCNS(=O)(=O)c1ccc(C(=O)Nc2ccccc2CN(CC)C(=O)OC(C)(C)C)cc1. The molecular weight excluding hydrogens is 430 g/mol. The highest BCUT2D eigenvalue weighted by molar-refractivity contribution is 7.89. The van der Waals surface area contributed by atoms with E-state index in [0.29, 0.717) is 17.8 Å². The zero-order chi connectivity index (χ0) is 23.9. The van der Waals surface area contributed by atoms with Gasteiger partial charge in [-0.25, -0.2) is 17.9 Å². The third kappa shape index (κ3) is 7.06. The maximum absolute atomic E-state index is 12.7. The number of rotatable bonds is 8. The first-order valence-electron chi connectivity index (χ1n) is 10.4. The van der Waals surface area contributed by atoms with Crippen molar-refractivity contribution in [3.63, 3.8) is 0 Å². The lowest BCUT2D eigenvalue weighted by molar-refractivity contribution is 0.0245. The van der Waals surface area contributed by atoms with Crippen molar-refractivity contribution in [2.45, 2.75) is 51.7 Å². The second-order valence-corrected chi connectivity index (χ2v) is 9.90. The molecule has 2 aromatic rings. The van der Waals surface area contributed by atoms with Crippen LogP contribution in [-0.4, -0.2) is 44.0 Å². The summed E-state index contributed by atoms with van der Waals surface area (Å²) in [7, 11) is -3.59. The molecule has 0 atom stereocenters. The van der Waals surface area contributed by atoms with Gasteiger partial charge in [-0.05, 0) is 63.6 Å². The summed E-state index contributed by atoms with van der Waals surface area (Å²) in [6.45, 7) is 9.96. The Morgan fingerprint density at radius 3 is 2.19 bits per heavy atom. The number of nitrogens with one attached hydrogen (secondary N) is 2. The van der Waals surface area contributed by atoms with E-state index in [4.69, 9.17) is 4.74 Å². The molecule has 0 saturated carbocycles. The molecule has 0 aliphatic heterocycles. The summed E-state index contributed by atoms with van der Waals surface area (Å²) >= 11 is 0. The molecule has 0 aliphatic carbocycles. The molecule has 0 radical (unpaired) electrons. The number of nitrogens with zero attached hydrogens (tertiary/aromatic N) is 1. The van der Waals surface area contributed by atoms with E-state index in [9.17, 15) is 18.0 Å². The Hall–Kier alpha value is -2.91. The predicted molar refractivity (Wildman–Crippen MR) is 124 cm³/mol.